The maximum absolute atomic E-state index is 11.2. The van der Waals surface area contributed by atoms with Crippen molar-refractivity contribution < 1.29 is 9.53 Å². The highest BCUT2D eigenvalue weighted by atomic mass is 32.2. The number of rotatable bonds is 8. The van der Waals surface area contributed by atoms with Crippen molar-refractivity contribution in [2.45, 2.75) is 32.6 Å². The number of thioether (sulfide) groups is 1. The summed E-state index contributed by atoms with van der Waals surface area (Å²) in [6, 6.07) is 6.02. The summed E-state index contributed by atoms with van der Waals surface area (Å²) in [5.74, 6) is 1.23. The van der Waals surface area contributed by atoms with E-state index in [0.29, 0.717) is 17.6 Å². The molecule has 0 bridgehead atoms. The third-order valence-electron chi connectivity index (χ3n) is 3.10. The van der Waals surface area contributed by atoms with Crippen molar-refractivity contribution >= 4 is 29.1 Å². The van der Waals surface area contributed by atoms with Crippen LogP contribution in [0.15, 0.2) is 23.1 Å². The monoisotopic (exact) mass is 324 g/mol. The predicted molar refractivity (Wildman–Crippen MR) is 95.5 cm³/mol. The molecule has 4 nitrogen and oxygen atoms in total. The highest BCUT2D eigenvalue weighted by Crippen LogP contribution is 2.30. The number of carbonyl (C=O) groups excluding carboxylic acids is 1. The van der Waals surface area contributed by atoms with E-state index in [-0.39, 0.29) is 5.97 Å². The molecule has 0 radical (unpaired) electrons. The van der Waals surface area contributed by atoms with Crippen LogP contribution in [0.2, 0.25) is 0 Å². The average molecular weight is 324 g/mol. The lowest BCUT2D eigenvalue weighted by Gasteiger charge is -2.29. The molecule has 0 spiro atoms. The maximum atomic E-state index is 11.2. The molecule has 1 aromatic rings. The smallest absolute Gasteiger partial charge is 0.315 e. The topological polar surface area (TPSA) is 55.6 Å². The van der Waals surface area contributed by atoms with Crippen LogP contribution in [-0.4, -0.2) is 31.9 Å². The van der Waals surface area contributed by atoms with E-state index >= 15 is 0 Å². The standard InChI is InChI=1S/C17H28N2O2S/c1-12(2)9-19(10-13(3)4)16-7-6-14(8-15(16)18)22-11-17(20)21-5/h6-8,12-13H,9-11,18H2,1-5H3. The second-order valence-electron chi connectivity index (χ2n) is 6.28. The fourth-order valence-corrected chi connectivity index (χ4v) is 3.04. The number of benzene rings is 1. The number of nitrogen functional groups attached to an aromatic ring is 1. The van der Waals surface area contributed by atoms with E-state index in [4.69, 9.17) is 5.73 Å². The molecule has 0 aliphatic heterocycles. The Morgan fingerprint density at radius 2 is 1.82 bits per heavy atom. The summed E-state index contributed by atoms with van der Waals surface area (Å²) in [6.07, 6.45) is 0. The Bertz CT molecular complexity index is 480. The number of hydrogen-bond acceptors (Lipinski definition) is 5. The fraction of sp³-hybridized carbons (Fsp3) is 0.588. The molecule has 1 rings (SSSR count). The predicted octanol–water partition coefficient (Wildman–Crippen LogP) is 3.65. The van der Waals surface area contributed by atoms with E-state index in [1.807, 2.05) is 12.1 Å². The minimum Gasteiger partial charge on any atom is -0.468 e. The third-order valence-corrected chi connectivity index (χ3v) is 4.06. The van der Waals surface area contributed by atoms with Gasteiger partial charge in [0.25, 0.3) is 0 Å². The van der Waals surface area contributed by atoms with Crippen LogP contribution < -0.4 is 10.6 Å². The minimum atomic E-state index is -0.228. The summed E-state index contributed by atoms with van der Waals surface area (Å²) in [5.41, 5.74) is 8.08. The molecule has 2 N–H and O–H groups in total. The van der Waals surface area contributed by atoms with Crippen LogP contribution in [0.5, 0.6) is 0 Å². The molecule has 0 aliphatic rings. The van der Waals surface area contributed by atoms with Crippen molar-refractivity contribution in [3.05, 3.63) is 18.2 Å². The van der Waals surface area contributed by atoms with Crippen LogP contribution >= 0.6 is 11.8 Å². The molecule has 0 atom stereocenters. The summed E-state index contributed by atoms with van der Waals surface area (Å²) in [4.78, 5) is 14.5. The van der Waals surface area contributed by atoms with Gasteiger partial charge in [-0.3, -0.25) is 4.79 Å². The molecule has 0 amide bonds. The van der Waals surface area contributed by atoms with Crippen molar-refractivity contribution in [1.82, 2.24) is 0 Å². The minimum absolute atomic E-state index is 0.228. The van der Waals surface area contributed by atoms with E-state index < -0.39 is 0 Å². The van der Waals surface area contributed by atoms with Gasteiger partial charge in [-0.2, -0.15) is 0 Å². The first kappa shape index (κ1) is 18.7. The molecule has 22 heavy (non-hydrogen) atoms. The number of carbonyl (C=O) groups is 1. The van der Waals surface area contributed by atoms with Crippen LogP contribution in [0.25, 0.3) is 0 Å². The zero-order valence-corrected chi connectivity index (χ0v) is 15.1. The van der Waals surface area contributed by atoms with Crippen LogP contribution in [0.4, 0.5) is 11.4 Å². The van der Waals surface area contributed by atoms with Crippen molar-refractivity contribution in [3.63, 3.8) is 0 Å². The second-order valence-corrected chi connectivity index (χ2v) is 7.33. The van der Waals surface area contributed by atoms with Gasteiger partial charge in [0.15, 0.2) is 0 Å². The Kier molecular flexibility index (Phi) is 7.59. The highest BCUT2D eigenvalue weighted by molar-refractivity contribution is 8.00. The molecular formula is C17H28N2O2S. The van der Waals surface area contributed by atoms with Crippen LogP contribution in [0, 0.1) is 11.8 Å². The molecule has 0 unspecified atom stereocenters. The number of anilines is 2. The van der Waals surface area contributed by atoms with Gasteiger partial charge in [-0.05, 0) is 30.0 Å². The Balaban J connectivity index is 2.86. The number of methoxy groups -OCH3 is 1. The Hall–Kier alpha value is -1.36. The molecule has 124 valence electrons. The highest BCUT2D eigenvalue weighted by Gasteiger charge is 2.14. The van der Waals surface area contributed by atoms with E-state index in [1.54, 1.807) is 0 Å². The zero-order chi connectivity index (χ0) is 16.7. The molecule has 0 aromatic heterocycles. The first-order valence-electron chi connectivity index (χ1n) is 7.67. The van der Waals surface area contributed by atoms with E-state index in [1.165, 1.54) is 18.9 Å². The van der Waals surface area contributed by atoms with Gasteiger partial charge in [-0.15, -0.1) is 11.8 Å². The first-order chi connectivity index (χ1) is 10.3. The summed E-state index contributed by atoms with van der Waals surface area (Å²) in [7, 11) is 1.40. The van der Waals surface area contributed by atoms with Crippen molar-refractivity contribution in [2.75, 3.05) is 36.6 Å². The van der Waals surface area contributed by atoms with E-state index in [2.05, 4.69) is 43.4 Å². The van der Waals surface area contributed by atoms with Gasteiger partial charge in [0.2, 0.25) is 0 Å². The van der Waals surface area contributed by atoms with Gasteiger partial charge >= 0.3 is 5.97 Å². The largest absolute Gasteiger partial charge is 0.468 e. The fourth-order valence-electron chi connectivity index (χ4n) is 2.26. The first-order valence-corrected chi connectivity index (χ1v) is 8.66. The number of ether oxygens (including phenoxy) is 1. The van der Waals surface area contributed by atoms with Crippen molar-refractivity contribution in [2.24, 2.45) is 11.8 Å². The molecule has 0 saturated heterocycles. The van der Waals surface area contributed by atoms with Crippen molar-refractivity contribution in [3.8, 4) is 0 Å². The van der Waals surface area contributed by atoms with Gasteiger partial charge in [0, 0.05) is 18.0 Å². The van der Waals surface area contributed by atoms with Crippen LogP contribution in [0.3, 0.4) is 0 Å². The van der Waals surface area contributed by atoms with E-state index in [0.717, 1.165) is 29.4 Å². The molecule has 0 aliphatic carbocycles. The normalized spacial score (nSPS) is 11.0. The second kappa shape index (κ2) is 8.93. The lowest BCUT2D eigenvalue weighted by Crippen LogP contribution is -2.31. The SMILES string of the molecule is COC(=O)CSc1ccc(N(CC(C)C)CC(C)C)c(N)c1. The summed E-state index contributed by atoms with van der Waals surface area (Å²) < 4.78 is 4.65. The number of esters is 1. The number of nitrogens with two attached hydrogens (primary N) is 1. The Morgan fingerprint density at radius 3 is 2.27 bits per heavy atom. The summed E-state index contributed by atoms with van der Waals surface area (Å²) >= 11 is 1.44. The van der Waals surface area contributed by atoms with Gasteiger partial charge in [-0.25, -0.2) is 0 Å². The lowest BCUT2D eigenvalue weighted by atomic mass is 10.1. The third kappa shape index (κ3) is 6.18. The van der Waals surface area contributed by atoms with Gasteiger partial charge in [0.05, 0.1) is 24.2 Å². The van der Waals surface area contributed by atoms with Gasteiger partial charge in [-0.1, -0.05) is 27.7 Å². The van der Waals surface area contributed by atoms with Crippen LogP contribution in [0.1, 0.15) is 27.7 Å². The van der Waals surface area contributed by atoms with Crippen LogP contribution in [-0.2, 0) is 9.53 Å². The molecule has 1 aromatic carbocycles. The lowest BCUT2D eigenvalue weighted by molar-refractivity contribution is -0.137. The number of nitrogens with zero attached hydrogens (tertiary/aromatic N) is 1. The molecular weight excluding hydrogens is 296 g/mol. The van der Waals surface area contributed by atoms with E-state index in [9.17, 15) is 4.79 Å². The van der Waals surface area contributed by atoms with Gasteiger partial charge in [0.1, 0.15) is 0 Å². The maximum Gasteiger partial charge on any atom is 0.315 e. The molecule has 0 fully saturated rings. The molecule has 5 heteroatoms. The Morgan fingerprint density at radius 1 is 1.23 bits per heavy atom. The molecule has 0 saturated carbocycles. The quantitative estimate of drug-likeness (QED) is 0.449. The van der Waals surface area contributed by atoms with Gasteiger partial charge < -0.3 is 15.4 Å². The zero-order valence-electron chi connectivity index (χ0n) is 14.3. The summed E-state index contributed by atoms with van der Waals surface area (Å²) in [5, 5.41) is 0. The number of hydrogen-bond donors (Lipinski definition) is 1. The van der Waals surface area contributed by atoms with Crippen molar-refractivity contribution in [1.29, 1.82) is 0 Å². The average Bonchev–Trinajstić information content (AvgIpc) is 2.43. The summed E-state index contributed by atoms with van der Waals surface area (Å²) in [6.45, 7) is 10.8. The Labute approximate surface area is 138 Å². The molecule has 0 heterocycles.